The van der Waals surface area contributed by atoms with Crippen LogP contribution < -0.4 is 15.9 Å². The Labute approximate surface area is 203 Å². The van der Waals surface area contributed by atoms with Gasteiger partial charge in [0.2, 0.25) is 0 Å². The van der Waals surface area contributed by atoms with Gasteiger partial charge in [0.15, 0.2) is 0 Å². The van der Waals surface area contributed by atoms with Gasteiger partial charge in [-0.05, 0) is 0 Å². The zero-order chi connectivity index (χ0) is 22.8. The summed E-state index contributed by atoms with van der Waals surface area (Å²) in [6.07, 6.45) is 0.830. The molecule has 0 aromatic heterocycles. The van der Waals surface area contributed by atoms with Gasteiger partial charge in [-0.25, -0.2) is 0 Å². The van der Waals surface area contributed by atoms with E-state index in [1.165, 1.54) is 21.5 Å². The van der Waals surface area contributed by atoms with Crippen molar-refractivity contribution in [3.05, 3.63) is 139 Å². The molecule has 1 nitrogen and oxygen atoms in total. The molecule has 0 aliphatic carbocycles. The van der Waals surface area contributed by atoms with Gasteiger partial charge >= 0.3 is 203 Å². The van der Waals surface area contributed by atoms with Gasteiger partial charge in [0.05, 0.1) is 0 Å². The number of nitriles is 1. The summed E-state index contributed by atoms with van der Waals surface area (Å²) in [5.74, 6) is 0. The predicted octanol–water partition coefficient (Wildman–Crippen LogP) is 7.05. The van der Waals surface area contributed by atoms with E-state index >= 15 is 0 Å². The van der Waals surface area contributed by atoms with Gasteiger partial charge in [-0.2, -0.15) is 0 Å². The van der Waals surface area contributed by atoms with Crippen molar-refractivity contribution in [3.8, 4) is 6.07 Å². The van der Waals surface area contributed by atoms with Crippen molar-refractivity contribution in [2.45, 2.75) is 6.16 Å². The molecule has 0 fully saturated rings. The fourth-order valence-electron chi connectivity index (χ4n) is 4.74. The van der Waals surface area contributed by atoms with Crippen molar-refractivity contribution in [1.82, 2.24) is 0 Å². The number of hydrogen-bond acceptors (Lipinski definition) is 1. The quantitative estimate of drug-likeness (QED) is 0.234. The van der Waals surface area contributed by atoms with E-state index in [9.17, 15) is 5.26 Å². The molecule has 0 bridgehead atoms. The van der Waals surface area contributed by atoms with Crippen molar-refractivity contribution in [1.29, 1.82) is 5.26 Å². The van der Waals surface area contributed by atoms with Gasteiger partial charge in [-0.15, -0.1) is 0 Å². The molecule has 0 amide bonds. The van der Waals surface area contributed by atoms with Gasteiger partial charge in [0, 0.05) is 0 Å². The summed E-state index contributed by atoms with van der Waals surface area (Å²) >= 11 is 4.52. The Morgan fingerprint density at radius 3 is 1.55 bits per heavy atom. The van der Waals surface area contributed by atoms with Crippen LogP contribution in [0.2, 0.25) is 0 Å². The summed E-state index contributed by atoms with van der Waals surface area (Å²) < 4.78 is 0. The van der Waals surface area contributed by atoms with Crippen molar-refractivity contribution in [2.75, 3.05) is 0 Å². The molecule has 0 spiro atoms. The molecule has 0 N–H and O–H groups in total. The third kappa shape index (κ3) is 3.68. The molecular weight excluding hydrogens is 485 g/mol. The summed E-state index contributed by atoms with van der Waals surface area (Å²) in [6.45, 7) is 0. The van der Waals surface area contributed by atoms with Crippen LogP contribution in [0.5, 0.6) is 0 Å². The molecule has 5 rings (SSSR count). The second kappa shape index (κ2) is 8.60. The summed E-state index contributed by atoms with van der Waals surface area (Å²) in [7, 11) is 0. The standard InChI is InChI=1S/C30H23BrNP/c31-33(28-10-4-1-5-11-28,29-12-6-2-7-13-29,30-14-8-3-9-15-30)23-25-17-19-26-18-16-24(22-32)20-27(26)21-25/h1-21H,23H2. The van der Waals surface area contributed by atoms with E-state index in [0.29, 0.717) is 5.56 Å². The Balaban J connectivity index is 1.81. The average molecular weight is 508 g/mol. The van der Waals surface area contributed by atoms with E-state index in [-0.39, 0.29) is 0 Å². The second-order valence-electron chi connectivity index (χ2n) is 8.36. The minimum absolute atomic E-state index is 0.685. The summed E-state index contributed by atoms with van der Waals surface area (Å²) in [6, 6.07) is 47.3. The van der Waals surface area contributed by atoms with Gasteiger partial charge in [0.1, 0.15) is 0 Å². The molecule has 0 atom stereocenters. The molecule has 0 saturated heterocycles. The Hall–Kier alpha value is -3.24. The van der Waals surface area contributed by atoms with Crippen molar-refractivity contribution in [3.63, 3.8) is 0 Å². The monoisotopic (exact) mass is 507 g/mol. The SMILES string of the molecule is N#Cc1ccc2ccc(CP(Br)(c3ccccc3)(c3ccccc3)c3ccccc3)cc2c1. The summed E-state index contributed by atoms with van der Waals surface area (Å²) in [5, 5.41) is 12.5. The van der Waals surface area contributed by atoms with Crippen molar-refractivity contribution in [2.24, 2.45) is 0 Å². The molecule has 3 heteroatoms. The Kier molecular flexibility index (Phi) is 5.63. The Morgan fingerprint density at radius 1 is 0.576 bits per heavy atom. The molecule has 0 radical (unpaired) electrons. The fourth-order valence-corrected chi connectivity index (χ4v) is 12.4. The van der Waals surface area contributed by atoms with Gasteiger partial charge in [-0.3, -0.25) is 0 Å². The van der Waals surface area contributed by atoms with Crippen LogP contribution in [-0.4, -0.2) is 0 Å². The van der Waals surface area contributed by atoms with E-state index in [1.807, 2.05) is 18.2 Å². The van der Waals surface area contributed by atoms with Crippen LogP contribution in [0.4, 0.5) is 0 Å². The van der Waals surface area contributed by atoms with Crippen LogP contribution in [0.25, 0.3) is 10.8 Å². The van der Waals surface area contributed by atoms with E-state index in [4.69, 9.17) is 0 Å². The summed E-state index contributed by atoms with van der Waals surface area (Å²) in [5.41, 5.74) is 1.92. The van der Waals surface area contributed by atoms with Crippen LogP contribution >= 0.6 is 20.8 Å². The Bertz CT molecular complexity index is 1360. The van der Waals surface area contributed by atoms with Crippen LogP contribution in [0.1, 0.15) is 11.1 Å². The first-order chi connectivity index (χ1) is 16.1. The molecule has 160 valence electrons. The molecule has 33 heavy (non-hydrogen) atoms. The van der Waals surface area contributed by atoms with Crippen LogP contribution in [-0.2, 0) is 6.16 Å². The third-order valence-electron chi connectivity index (χ3n) is 6.40. The number of hydrogen-bond donors (Lipinski definition) is 0. The Morgan fingerprint density at radius 2 is 1.06 bits per heavy atom. The zero-order valence-electron chi connectivity index (χ0n) is 18.1. The molecular formula is C30H23BrNP. The van der Waals surface area contributed by atoms with E-state index in [2.05, 4.69) is 131 Å². The first-order valence-electron chi connectivity index (χ1n) is 10.9. The van der Waals surface area contributed by atoms with E-state index in [0.717, 1.165) is 16.9 Å². The zero-order valence-corrected chi connectivity index (χ0v) is 20.6. The maximum atomic E-state index is 9.39. The second-order valence-corrected chi connectivity index (χ2v) is 17.3. The van der Waals surface area contributed by atoms with Gasteiger partial charge in [0.25, 0.3) is 0 Å². The topological polar surface area (TPSA) is 23.8 Å². The molecule has 0 unspecified atom stereocenters. The fraction of sp³-hybridized carbons (Fsp3) is 0.0333. The first kappa shape index (κ1) is 21.6. The maximum absolute atomic E-state index is 9.39. The van der Waals surface area contributed by atoms with E-state index in [1.54, 1.807) is 0 Å². The average Bonchev–Trinajstić information content (AvgIpc) is 2.90. The molecule has 0 aliphatic heterocycles. The number of benzene rings is 5. The normalized spacial score (nSPS) is 12.5. The molecule has 5 aromatic rings. The van der Waals surface area contributed by atoms with Crippen LogP contribution in [0.15, 0.2) is 127 Å². The minimum atomic E-state index is -3.05. The molecule has 0 aliphatic rings. The van der Waals surface area contributed by atoms with Gasteiger partial charge < -0.3 is 0 Å². The number of fused-ring (bicyclic) bond motifs is 1. The first-order valence-corrected chi connectivity index (χ1v) is 15.4. The summed E-state index contributed by atoms with van der Waals surface area (Å²) in [4.78, 5) is 0. The molecule has 0 heterocycles. The molecule has 0 saturated carbocycles. The van der Waals surface area contributed by atoms with Crippen LogP contribution in [0, 0.1) is 11.3 Å². The van der Waals surface area contributed by atoms with Crippen LogP contribution in [0.3, 0.4) is 0 Å². The third-order valence-corrected chi connectivity index (χ3v) is 15.9. The van der Waals surface area contributed by atoms with Gasteiger partial charge in [-0.1, -0.05) is 0 Å². The molecule has 5 aromatic carbocycles. The van der Waals surface area contributed by atoms with Crippen molar-refractivity contribution < 1.29 is 0 Å². The predicted molar refractivity (Wildman–Crippen MR) is 146 cm³/mol. The number of rotatable bonds is 5. The van der Waals surface area contributed by atoms with Crippen molar-refractivity contribution >= 4 is 47.5 Å². The van der Waals surface area contributed by atoms with E-state index < -0.39 is 5.31 Å². The number of halogens is 1. The number of nitrogens with zero attached hydrogens (tertiary/aromatic N) is 1.